The average Bonchev–Trinajstić information content (AvgIpc) is 3.26. The molecule has 1 N–H and O–H groups in total. The van der Waals surface area contributed by atoms with Crippen LogP contribution in [0.1, 0.15) is 48.5 Å². The highest BCUT2D eigenvalue weighted by Gasteiger charge is 2.32. The molecule has 2 aromatic rings. The first-order chi connectivity index (χ1) is 9.22. The quantitative estimate of drug-likeness (QED) is 0.897. The van der Waals surface area contributed by atoms with E-state index in [4.69, 9.17) is 4.42 Å². The lowest BCUT2D eigenvalue weighted by Gasteiger charge is -2.02. The SMILES string of the molecule is Cc1cc(F)cc2c(C3CC3)c(CNC3CC3)oc12. The van der Waals surface area contributed by atoms with Gasteiger partial charge < -0.3 is 9.73 Å². The van der Waals surface area contributed by atoms with Crippen molar-refractivity contribution in [3.8, 4) is 0 Å². The number of halogens is 1. The summed E-state index contributed by atoms with van der Waals surface area (Å²) in [5.74, 6) is 1.45. The summed E-state index contributed by atoms with van der Waals surface area (Å²) in [6.07, 6.45) is 4.96. The molecule has 1 aromatic carbocycles. The number of rotatable bonds is 4. The van der Waals surface area contributed by atoms with E-state index in [0.717, 1.165) is 28.8 Å². The molecule has 100 valence electrons. The lowest BCUT2D eigenvalue weighted by atomic mass is 10.0. The summed E-state index contributed by atoms with van der Waals surface area (Å²) in [5, 5.41) is 4.50. The van der Waals surface area contributed by atoms with Crippen molar-refractivity contribution < 1.29 is 8.81 Å². The van der Waals surface area contributed by atoms with E-state index in [1.165, 1.54) is 31.2 Å². The van der Waals surface area contributed by atoms with E-state index in [1.807, 2.05) is 6.92 Å². The van der Waals surface area contributed by atoms with E-state index < -0.39 is 0 Å². The van der Waals surface area contributed by atoms with Gasteiger partial charge >= 0.3 is 0 Å². The molecule has 0 radical (unpaired) electrons. The van der Waals surface area contributed by atoms with E-state index in [1.54, 1.807) is 12.1 Å². The molecule has 0 unspecified atom stereocenters. The van der Waals surface area contributed by atoms with Crippen LogP contribution in [0.4, 0.5) is 4.39 Å². The first-order valence-electron chi connectivity index (χ1n) is 7.17. The Hall–Kier alpha value is -1.35. The minimum Gasteiger partial charge on any atom is -0.459 e. The molecule has 2 aliphatic carbocycles. The maximum atomic E-state index is 13.6. The third kappa shape index (κ3) is 2.06. The van der Waals surface area contributed by atoms with E-state index in [-0.39, 0.29) is 5.82 Å². The van der Waals surface area contributed by atoms with Crippen LogP contribution in [-0.4, -0.2) is 6.04 Å². The third-order valence-electron chi connectivity index (χ3n) is 4.17. The Labute approximate surface area is 112 Å². The number of nitrogens with one attached hydrogen (secondary N) is 1. The second-order valence-electron chi connectivity index (χ2n) is 5.97. The Kier molecular flexibility index (Phi) is 2.46. The van der Waals surface area contributed by atoms with Gasteiger partial charge in [0.15, 0.2) is 0 Å². The first kappa shape index (κ1) is 11.5. The lowest BCUT2D eigenvalue weighted by molar-refractivity contribution is 0.505. The van der Waals surface area contributed by atoms with Gasteiger partial charge in [-0.2, -0.15) is 0 Å². The molecule has 2 fully saturated rings. The molecule has 0 aliphatic heterocycles. The van der Waals surface area contributed by atoms with Crippen LogP contribution in [0.15, 0.2) is 16.5 Å². The van der Waals surface area contributed by atoms with Crippen molar-refractivity contribution in [2.75, 3.05) is 0 Å². The van der Waals surface area contributed by atoms with Crippen molar-refractivity contribution in [1.29, 1.82) is 0 Å². The fourth-order valence-electron chi connectivity index (χ4n) is 2.87. The fraction of sp³-hybridized carbons (Fsp3) is 0.500. The van der Waals surface area contributed by atoms with Gasteiger partial charge in [-0.1, -0.05) is 0 Å². The highest BCUT2D eigenvalue weighted by Crippen LogP contribution is 2.46. The zero-order chi connectivity index (χ0) is 13.0. The first-order valence-corrected chi connectivity index (χ1v) is 7.17. The average molecular weight is 259 g/mol. The van der Waals surface area contributed by atoms with Gasteiger partial charge in [0.2, 0.25) is 0 Å². The summed E-state index contributed by atoms with van der Waals surface area (Å²) in [5.41, 5.74) is 3.02. The van der Waals surface area contributed by atoms with Gasteiger partial charge in [-0.05, 0) is 56.2 Å². The molecule has 0 saturated heterocycles. The smallest absolute Gasteiger partial charge is 0.137 e. The third-order valence-corrected chi connectivity index (χ3v) is 4.17. The highest BCUT2D eigenvalue weighted by atomic mass is 19.1. The van der Waals surface area contributed by atoms with Gasteiger partial charge in [-0.25, -0.2) is 4.39 Å². The predicted molar refractivity (Wildman–Crippen MR) is 72.7 cm³/mol. The van der Waals surface area contributed by atoms with Gasteiger partial charge in [-0.15, -0.1) is 0 Å². The molecular formula is C16H18FNO. The van der Waals surface area contributed by atoms with Crippen LogP contribution in [0, 0.1) is 12.7 Å². The molecule has 0 atom stereocenters. The van der Waals surface area contributed by atoms with Crippen molar-refractivity contribution in [2.24, 2.45) is 0 Å². The molecule has 4 rings (SSSR count). The minimum absolute atomic E-state index is 0.158. The maximum absolute atomic E-state index is 13.6. The molecule has 1 heterocycles. The zero-order valence-electron chi connectivity index (χ0n) is 11.1. The van der Waals surface area contributed by atoms with Crippen LogP contribution < -0.4 is 5.32 Å². The molecule has 2 aliphatic rings. The number of hydrogen-bond acceptors (Lipinski definition) is 2. The van der Waals surface area contributed by atoms with Crippen molar-refractivity contribution >= 4 is 11.0 Å². The topological polar surface area (TPSA) is 25.2 Å². The number of hydrogen-bond donors (Lipinski definition) is 1. The summed E-state index contributed by atoms with van der Waals surface area (Å²) in [6, 6.07) is 3.86. The molecule has 0 bridgehead atoms. The van der Waals surface area contributed by atoms with Crippen molar-refractivity contribution in [2.45, 2.75) is 51.1 Å². The summed E-state index contributed by atoms with van der Waals surface area (Å²) in [7, 11) is 0. The predicted octanol–water partition coefficient (Wildman–Crippen LogP) is 4.01. The van der Waals surface area contributed by atoms with Crippen LogP contribution in [0.5, 0.6) is 0 Å². The molecule has 2 nitrogen and oxygen atoms in total. The Morgan fingerprint density at radius 1 is 1.26 bits per heavy atom. The summed E-state index contributed by atoms with van der Waals surface area (Å²) in [4.78, 5) is 0. The van der Waals surface area contributed by atoms with Gasteiger partial charge in [-0.3, -0.25) is 0 Å². The van der Waals surface area contributed by atoms with Gasteiger partial charge in [0, 0.05) is 17.0 Å². The van der Waals surface area contributed by atoms with E-state index in [9.17, 15) is 4.39 Å². The summed E-state index contributed by atoms with van der Waals surface area (Å²) >= 11 is 0. The minimum atomic E-state index is -0.158. The standard InChI is InChI=1S/C16H18FNO/c1-9-6-11(17)7-13-15(10-2-3-10)14(19-16(9)13)8-18-12-4-5-12/h6-7,10,12,18H,2-5,8H2,1H3. The zero-order valence-corrected chi connectivity index (χ0v) is 11.1. The van der Waals surface area contributed by atoms with Gasteiger partial charge in [0.1, 0.15) is 17.2 Å². The molecule has 3 heteroatoms. The lowest BCUT2D eigenvalue weighted by Crippen LogP contribution is -2.15. The van der Waals surface area contributed by atoms with E-state index in [2.05, 4.69) is 5.32 Å². The fourth-order valence-corrected chi connectivity index (χ4v) is 2.87. The number of benzene rings is 1. The molecule has 19 heavy (non-hydrogen) atoms. The van der Waals surface area contributed by atoms with Crippen LogP contribution in [-0.2, 0) is 6.54 Å². The van der Waals surface area contributed by atoms with Gasteiger partial charge in [0.25, 0.3) is 0 Å². The normalized spacial score (nSPS) is 19.3. The number of aryl methyl sites for hydroxylation is 1. The molecule has 1 aromatic heterocycles. The maximum Gasteiger partial charge on any atom is 0.137 e. The van der Waals surface area contributed by atoms with Crippen LogP contribution in [0.3, 0.4) is 0 Å². The van der Waals surface area contributed by atoms with Crippen LogP contribution in [0.2, 0.25) is 0 Å². The summed E-state index contributed by atoms with van der Waals surface area (Å²) in [6.45, 7) is 2.70. The largest absolute Gasteiger partial charge is 0.459 e. The monoisotopic (exact) mass is 259 g/mol. The van der Waals surface area contributed by atoms with Crippen molar-refractivity contribution in [1.82, 2.24) is 5.32 Å². The van der Waals surface area contributed by atoms with E-state index >= 15 is 0 Å². The Bertz CT molecular complexity index is 638. The second kappa shape index (κ2) is 4.07. The van der Waals surface area contributed by atoms with Gasteiger partial charge in [0.05, 0.1) is 6.54 Å². The Balaban J connectivity index is 1.81. The summed E-state index contributed by atoms with van der Waals surface area (Å²) < 4.78 is 19.7. The Morgan fingerprint density at radius 2 is 2.05 bits per heavy atom. The highest BCUT2D eigenvalue weighted by molar-refractivity contribution is 5.86. The molecular weight excluding hydrogens is 241 g/mol. The van der Waals surface area contributed by atoms with Crippen molar-refractivity contribution in [3.05, 3.63) is 34.8 Å². The second-order valence-corrected chi connectivity index (χ2v) is 5.97. The van der Waals surface area contributed by atoms with E-state index in [0.29, 0.717) is 12.0 Å². The number of furan rings is 1. The van der Waals surface area contributed by atoms with Crippen LogP contribution >= 0.6 is 0 Å². The number of fused-ring (bicyclic) bond motifs is 1. The Morgan fingerprint density at radius 3 is 2.74 bits per heavy atom. The molecule has 2 saturated carbocycles. The van der Waals surface area contributed by atoms with Crippen LogP contribution in [0.25, 0.3) is 11.0 Å². The molecule has 0 amide bonds. The van der Waals surface area contributed by atoms with Crippen molar-refractivity contribution in [3.63, 3.8) is 0 Å². The molecule has 0 spiro atoms.